The molecule has 76 heavy (non-hydrogen) atoms. The highest BCUT2D eigenvalue weighted by molar-refractivity contribution is 7.45. The first-order valence-corrected chi connectivity index (χ1v) is 33.5. The van der Waals surface area contributed by atoms with Crippen LogP contribution in [0.5, 0.6) is 0 Å². The minimum absolute atomic E-state index is 0.0320. The Labute approximate surface area is 470 Å². The Morgan fingerprint density at radius 3 is 1.05 bits per heavy atom. The summed E-state index contributed by atoms with van der Waals surface area (Å²) in [6, 6.07) is 0. The molecule has 0 N–H and O–H groups in total. The summed E-state index contributed by atoms with van der Waals surface area (Å²) in [6.07, 6.45) is 74.1. The maximum absolute atomic E-state index is 12.8. The Kier molecular flexibility index (Phi) is 55.7. The first-order valence-electron chi connectivity index (χ1n) is 32.0. The molecule has 0 saturated carbocycles. The second-order valence-electron chi connectivity index (χ2n) is 22.8. The molecule has 0 aromatic carbocycles. The van der Waals surface area contributed by atoms with Crippen LogP contribution in [0.3, 0.4) is 0 Å². The van der Waals surface area contributed by atoms with E-state index in [4.69, 9.17) is 18.5 Å². The Hall–Kier alpha value is -2.29. The van der Waals surface area contributed by atoms with Crippen LogP contribution < -0.4 is 4.89 Å². The Morgan fingerprint density at radius 1 is 0.408 bits per heavy atom. The van der Waals surface area contributed by atoms with E-state index in [1.165, 1.54) is 205 Å². The van der Waals surface area contributed by atoms with E-state index in [1.807, 2.05) is 21.1 Å². The number of nitrogens with zero attached hydrogens (tertiary/aromatic N) is 1. The topological polar surface area (TPSA) is 111 Å². The molecular weight excluding hydrogens is 966 g/mol. The predicted molar refractivity (Wildman–Crippen MR) is 323 cm³/mol. The van der Waals surface area contributed by atoms with E-state index in [0.29, 0.717) is 17.4 Å². The molecule has 2 unspecified atom stereocenters. The molecule has 0 saturated heterocycles. The van der Waals surface area contributed by atoms with Gasteiger partial charge < -0.3 is 27.9 Å². The lowest BCUT2D eigenvalue weighted by molar-refractivity contribution is -0.870. The summed E-state index contributed by atoms with van der Waals surface area (Å²) in [5.74, 6) is -0.827. The Morgan fingerprint density at radius 2 is 0.711 bits per heavy atom. The number of phosphoric ester groups is 1. The van der Waals surface area contributed by atoms with Gasteiger partial charge in [-0.25, -0.2) is 0 Å². The van der Waals surface area contributed by atoms with Gasteiger partial charge in [0.15, 0.2) is 6.10 Å². The highest BCUT2D eigenvalue weighted by Crippen LogP contribution is 2.38. The number of phosphoric acid groups is 1. The van der Waals surface area contributed by atoms with Crippen molar-refractivity contribution in [3.8, 4) is 0 Å². The molecule has 444 valence electrons. The molecule has 0 bridgehead atoms. The minimum atomic E-state index is -4.64. The van der Waals surface area contributed by atoms with Crippen LogP contribution in [0.1, 0.15) is 296 Å². The van der Waals surface area contributed by atoms with Crippen LogP contribution in [-0.2, 0) is 32.7 Å². The zero-order valence-corrected chi connectivity index (χ0v) is 51.3. The van der Waals surface area contributed by atoms with Crippen molar-refractivity contribution in [3.63, 3.8) is 0 Å². The van der Waals surface area contributed by atoms with Gasteiger partial charge in [-0.3, -0.25) is 14.2 Å². The van der Waals surface area contributed by atoms with E-state index in [1.54, 1.807) is 0 Å². The molecule has 0 aliphatic carbocycles. The van der Waals surface area contributed by atoms with Crippen LogP contribution in [0.4, 0.5) is 0 Å². The van der Waals surface area contributed by atoms with Gasteiger partial charge in [-0.05, 0) is 83.5 Å². The third kappa shape index (κ3) is 60.9. The number of unbranched alkanes of at least 4 members (excludes halogenated alkanes) is 35. The molecule has 0 aromatic rings. The van der Waals surface area contributed by atoms with E-state index < -0.39 is 26.5 Å². The third-order valence-corrected chi connectivity index (χ3v) is 15.0. The van der Waals surface area contributed by atoms with Crippen molar-refractivity contribution in [1.82, 2.24) is 0 Å². The van der Waals surface area contributed by atoms with E-state index in [9.17, 15) is 19.0 Å². The second kappa shape index (κ2) is 57.4. The number of allylic oxidation sites excluding steroid dienone is 10. The average Bonchev–Trinajstić information content (AvgIpc) is 3.38. The molecule has 9 nitrogen and oxygen atoms in total. The van der Waals surface area contributed by atoms with Crippen LogP contribution in [0.15, 0.2) is 60.8 Å². The normalized spacial score (nSPS) is 13.6. The fourth-order valence-corrected chi connectivity index (χ4v) is 9.78. The summed E-state index contributed by atoms with van der Waals surface area (Å²) >= 11 is 0. The van der Waals surface area contributed by atoms with Gasteiger partial charge in [0.1, 0.15) is 19.8 Å². The largest absolute Gasteiger partial charge is 0.756 e. The number of likely N-dealkylation sites (N-methyl/N-ethyl adjacent to an activating group) is 1. The van der Waals surface area contributed by atoms with Crippen molar-refractivity contribution in [3.05, 3.63) is 60.8 Å². The summed E-state index contributed by atoms with van der Waals surface area (Å²) in [6.45, 7) is 4.25. The third-order valence-electron chi connectivity index (χ3n) is 14.0. The molecule has 2 atom stereocenters. The molecule has 0 aliphatic rings. The summed E-state index contributed by atoms with van der Waals surface area (Å²) in [5, 5.41) is 0. The van der Waals surface area contributed by atoms with Crippen molar-refractivity contribution in [2.45, 2.75) is 302 Å². The van der Waals surface area contributed by atoms with Gasteiger partial charge in [-0.2, -0.15) is 0 Å². The molecule has 0 amide bonds. The van der Waals surface area contributed by atoms with Crippen molar-refractivity contribution in [2.75, 3.05) is 47.5 Å². The first kappa shape index (κ1) is 73.7. The molecule has 0 radical (unpaired) electrons. The summed E-state index contributed by atoms with van der Waals surface area (Å²) in [5.41, 5.74) is 0. The van der Waals surface area contributed by atoms with Gasteiger partial charge in [-0.1, -0.05) is 261 Å². The number of esters is 2. The number of quaternary nitrogens is 1. The smallest absolute Gasteiger partial charge is 0.306 e. The van der Waals surface area contributed by atoms with Gasteiger partial charge >= 0.3 is 11.9 Å². The quantitative estimate of drug-likeness (QED) is 0.0195. The predicted octanol–water partition coefficient (Wildman–Crippen LogP) is 19.6. The molecule has 0 spiro atoms. The van der Waals surface area contributed by atoms with Crippen LogP contribution in [0, 0.1) is 0 Å². The number of hydrogen-bond donors (Lipinski definition) is 0. The minimum Gasteiger partial charge on any atom is -0.756 e. The summed E-state index contributed by atoms with van der Waals surface area (Å²) < 4.78 is 34.3. The average molecular weight is 1090 g/mol. The Bertz CT molecular complexity index is 1470. The highest BCUT2D eigenvalue weighted by Gasteiger charge is 2.22. The van der Waals surface area contributed by atoms with Crippen LogP contribution in [0.2, 0.25) is 0 Å². The van der Waals surface area contributed by atoms with Gasteiger partial charge in [0.2, 0.25) is 0 Å². The number of hydrogen-bond acceptors (Lipinski definition) is 8. The molecule has 0 heterocycles. The fraction of sp³-hybridized carbons (Fsp3) is 0.818. The van der Waals surface area contributed by atoms with E-state index in [2.05, 4.69) is 74.6 Å². The zero-order valence-electron chi connectivity index (χ0n) is 50.5. The molecule has 0 aromatic heterocycles. The standard InChI is InChI=1S/C66H122NO8P/c1-6-8-10-12-14-16-18-20-22-24-26-28-30-32-33-35-37-39-41-43-45-47-49-51-53-55-57-59-66(69)75-64(63-74-76(70,71)73-61-60-67(3,4)5)62-72-65(68)58-56-54-52-50-48-46-44-42-40-38-36-34-31-29-27-25-23-21-19-17-15-13-11-9-7-2/h18-21,24-27,30,32,64H,6-17,22-23,28-29,31,33-63H2,1-5H3/b20-18-,21-19-,26-24-,27-25-,32-30-. The lowest BCUT2D eigenvalue weighted by Crippen LogP contribution is -2.37. The fourth-order valence-electron chi connectivity index (χ4n) is 9.05. The zero-order chi connectivity index (χ0) is 55.6. The van der Waals surface area contributed by atoms with Crippen molar-refractivity contribution in [1.29, 1.82) is 0 Å². The lowest BCUT2D eigenvalue weighted by atomic mass is 10.0. The monoisotopic (exact) mass is 1090 g/mol. The maximum Gasteiger partial charge on any atom is 0.306 e. The second-order valence-corrected chi connectivity index (χ2v) is 24.2. The van der Waals surface area contributed by atoms with Crippen LogP contribution in [-0.4, -0.2) is 70.0 Å². The van der Waals surface area contributed by atoms with Crippen molar-refractivity contribution in [2.24, 2.45) is 0 Å². The number of ether oxygens (including phenoxy) is 2. The maximum atomic E-state index is 12.8. The molecular formula is C66H122NO8P. The van der Waals surface area contributed by atoms with Gasteiger partial charge in [0.25, 0.3) is 7.82 Å². The van der Waals surface area contributed by atoms with Gasteiger partial charge in [0, 0.05) is 12.8 Å². The number of carbonyl (C=O) groups excluding carboxylic acids is 2. The Balaban J connectivity index is 4.11. The van der Waals surface area contributed by atoms with Gasteiger partial charge in [0.05, 0.1) is 27.7 Å². The lowest BCUT2D eigenvalue weighted by Gasteiger charge is -2.28. The summed E-state index contributed by atoms with van der Waals surface area (Å²) in [4.78, 5) is 38.0. The first-order chi connectivity index (χ1) is 37.0. The molecule has 0 fully saturated rings. The van der Waals surface area contributed by atoms with Crippen molar-refractivity contribution >= 4 is 19.8 Å². The molecule has 10 heteroatoms. The van der Waals surface area contributed by atoms with Crippen LogP contribution in [0.25, 0.3) is 0 Å². The number of carbonyl (C=O) groups is 2. The van der Waals surface area contributed by atoms with Crippen LogP contribution >= 0.6 is 7.82 Å². The molecule has 0 aliphatic heterocycles. The van der Waals surface area contributed by atoms with Crippen molar-refractivity contribution < 1.29 is 42.1 Å². The van der Waals surface area contributed by atoms with E-state index in [-0.39, 0.29) is 32.0 Å². The van der Waals surface area contributed by atoms with E-state index in [0.717, 1.165) is 57.8 Å². The molecule has 0 rings (SSSR count). The van der Waals surface area contributed by atoms with E-state index >= 15 is 0 Å². The highest BCUT2D eigenvalue weighted by atomic mass is 31.2. The van der Waals surface area contributed by atoms with Gasteiger partial charge in [-0.15, -0.1) is 0 Å². The summed E-state index contributed by atoms with van der Waals surface area (Å²) in [7, 11) is 1.17. The SMILES string of the molecule is CCCCCCC/C=C\C/C=C\C/C=C\CCCCCCCCCCCCCCC(=O)OC(COC(=O)CCCCCCCCCCCCCCC/C=C\C/C=C\CCCCCCC)COP(=O)([O-])OCC[N+](C)(C)C. The number of rotatable bonds is 59.